The molecule has 7 nitrogen and oxygen atoms in total. The van der Waals surface area contributed by atoms with Gasteiger partial charge in [0.15, 0.2) is 11.2 Å². The first kappa shape index (κ1) is 22.1. The zero-order valence-corrected chi connectivity index (χ0v) is 20.1. The molecule has 0 amide bonds. The number of nitrogens with zero attached hydrogens (tertiary/aromatic N) is 1. The third-order valence-corrected chi connectivity index (χ3v) is 7.50. The monoisotopic (exact) mass is 559 g/mol. The summed E-state index contributed by atoms with van der Waals surface area (Å²) in [6.45, 7) is 0. The van der Waals surface area contributed by atoms with Crippen LogP contribution in [-0.4, -0.2) is 41.5 Å². The van der Waals surface area contributed by atoms with Crippen molar-refractivity contribution in [1.82, 2.24) is 4.98 Å². The number of halogens is 1. The van der Waals surface area contributed by atoms with Gasteiger partial charge in [0.2, 0.25) is 0 Å². The Morgan fingerprint density at radius 2 is 1.79 bits per heavy atom. The fourth-order valence-electron chi connectivity index (χ4n) is 5.49. The lowest BCUT2D eigenvalue weighted by atomic mass is 9.70. The Bertz CT molecular complexity index is 1200. The van der Waals surface area contributed by atoms with Gasteiger partial charge in [-0.25, -0.2) is 0 Å². The summed E-state index contributed by atoms with van der Waals surface area (Å²) >= 11 is 2.20. The Hall–Kier alpha value is -2.69. The van der Waals surface area contributed by atoms with Gasteiger partial charge in [-0.3, -0.25) is 9.78 Å². The number of ether oxygens (including phenoxy) is 3. The molecule has 0 saturated heterocycles. The molecule has 1 fully saturated rings. The van der Waals surface area contributed by atoms with E-state index in [0.717, 1.165) is 9.13 Å². The van der Waals surface area contributed by atoms with Crippen molar-refractivity contribution in [2.45, 2.75) is 23.2 Å². The second-order valence-electron chi connectivity index (χ2n) is 8.21. The van der Waals surface area contributed by atoms with Crippen molar-refractivity contribution in [3.63, 3.8) is 0 Å². The van der Waals surface area contributed by atoms with Gasteiger partial charge in [0, 0.05) is 9.49 Å². The van der Waals surface area contributed by atoms with Crippen LogP contribution in [0.2, 0.25) is 0 Å². The van der Waals surface area contributed by atoms with Crippen LogP contribution in [-0.2, 0) is 20.7 Å². The van der Waals surface area contributed by atoms with Gasteiger partial charge in [-0.15, -0.1) is 0 Å². The van der Waals surface area contributed by atoms with Crippen molar-refractivity contribution in [2.24, 2.45) is 5.92 Å². The van der Waals surface area contributed by atoms with Crippen molar-refractivity contribution in [2.75, 3.05) is 14.2 Å². The van der Waals surface area contributed by atoms with E-state index in [9.17, 15) is 15.0 Å². The summed E-state index contributed by atoms with van der Waals surface area (Å²) in [7, 11) is 2.73. The minimum Gasteiger partial charge on any atom is -0.495 e. The van der Waals surface area contributed by atoms with Crippen molar-refractivity contribution in [3.05, 3.63) is 87.3 Å². The van der Waals surface area contributed by atoms with Gasteiger partial charge in [-0.1, -0.05) is 42.5 Å². The maximum Gasteiger partial charge on any atom is 0.312 e. The molecular formula is C25H22INO6. The summed E-state index contributed by atoms with van der Waals surface area (Å²) in [5.74, 6) is -1.96. The van der Waals surface area contributed by atoms with E-state index in [1.807, 2.05) is 54.6 Å². The van der Waals surface area contributed by atoms with Crippen LogP contribution in [0.25, 0.3) is 0 Å². The molecule has 33 heavy (non-hydrogen) atoms. The van der Waals surface area contributed by atoms with Crippen molar-refractivity contribution >= 4 is 28.6 Å². The van der Waals surface area contributed by atoms with Crippen molar-refractivity contribution < 1.29 is 29.2 Å². The van der Waals surface area contributed by atoms with Crippen LogP contribution < -0.4 is 9.47 Å². The molecule has 0 spiro atoms. The maximum atomic E-state index is 13.1. The second-order valence-corrected chi connectivity index (χ2v) is 9.45. The number of aliphatic hydroxyl groups is 2. The summed E-state index contributed by atoms with van der Waals surface area (Å²) < 4.78 is 18.2. The topological polar surface area (TPSA) is 98.1 Å². The highest BCUT2D eigenvalue weighted by atomic mass is 127. The molecule has 1 aliphatic carbocycles. The fraction of sp³-hybridized carbons (Fsp3) is 0.280. The van der Waals surface area contributed by atoms with Gasteiger partial charge in [0.25, 0.3) is 0 Å². The SMILES string of the molecule is COC(=O)[C@H]1[C@@H](O)[C@@]2(O)c3c(OC)cncc3O[C@@]2(c2ccc(I)cc2)[C@H]1c1ccccc1. The number of methoxy groups -OCH3 is 2. The normalized spacial score (nSPS) is 29.7. The number of carbonyl (C=O) groups excluding carboxylic acids is 1. The van der Waals surface area contributed by atoms with E-state index in [2.05, 4.69) is 27.6 Å². The second kappa shape index (κ2) is 7.96. The molecule has 2 heterocycles. The molecule has 0 radical (unpaired) electrons. The van der Waals surface area contributed by atoms with Crippen LogP contribution in [0.1, 0.15) is 22.6 Å². The van der Waals surface area contributed by atoms with Crippen LogP contribution in [0.4, 0.5) is 0 Å². The Morgan fingerprint density at radius 3 is 2.42 bits per heavy atom. The number of carbonyl (C=O) groups is 1. The predicted molar refractivity (Wildman–Crippen MR) is 127 cm³/mol. The zero-order chi connectivity index (χ0) is 23.4. The minimum absolute atomic E-state index is 0.262. The molecule has 170 valence electrons. The minimum atomic E-state index is -2.03. The highest BCUT2D eigenvalue weighted by Gasteiger charge is 2.78. The van der Waals surface area contributed by atoms with E-state index in [0.29, 0.717) is 11.3 Å². The number of pyridine rings is 1. The molecule has 1 aliphatic heterocycles. The molecular weight excluding hydrogens is 537 g/mol. The molecule has 2 aliphatic rings. The average molecular weight is 559 g/mol. The van der Waals surface area contributed by atoms with Crippen LogP contribution in [0.15, 0.2) is 67.0 Å². The number of esters is 1. The molecule has 0 bridgehead atoms. The predicted octanol–water partition coefficient (Wildman–Crippen LogP) is 3.12. The largest absolute Gasteiger partial charge is 0.495 e. The molecule has 1 saturated carbocycles. The van der Waals surface area contributed by atoms with Gasteiger partial charge in [0.1, 0.15) is 17.6 Å². The van der Waals surface area contributed by atoms with E-state index >= 15 is 0 Å². The van der Waals surface area contributed by atoms with Crippen LogP contribution >= 0.6 is 22.6 Å². The Kier molecular flexibility index (Phi) is 5.34. The first-order chi connectivity index (χ1) is 15.9. The Balaban J connectivity index is 1.89. The number of rotatable bonds is 4. The van der Waals surface area contributed by atoms with E-state index in [-0.39, 0.29) is 11.3 Å². The molecule has 8 heteroatoms. The smallest absolute Gasteiger partial charge is 0.312 e. The highest BCUT2D eigenvalue weighted by molar-refractivity contribution is 14.1. The van der Waals surface area contributed by atoms with Crippen molar-refractivity contribution in [3.8, 4) is 11.5 Å². The zero-order valence-electron chi connectivity index (χ0n) is 17.9. The number of aliphatic hydroxyl groups excluding tert-OH is 1. The van der Waals surface area contributed by atoms with Gasteiger partial charge in [-0.2, -0.15) is 0 Å². The number of hydrogen-bond donors (Lipinski definition) is 2. The molecule has 3 aromatic rings. The maximum absolute atomic E-state index is 13.1. The number of fused-ring (bicyclic) bond motifs is 3. The lowest BCUT2D eigenvalue weighted by Crippen LogP contribution is -2.52. The van der Waals surface area contributed by atoms with Gasteiger partial charge >= 0.3 is 5.97 Å². The fourth-order valence-corrected chi connectivity index (χ4v) is 5.85. The standard InChI is InChI=1S/C25H22INO6/c1-31-17-12-27-13-18-21(17)24(30)22(28)19(23(29)32-2)20(14-6-4-3-5-7-14)25(24,33-18)15-8-10-16(26)11-9-15/h3-13,19-20,22,28,30H,1-2H3/t19-,20+,22-,24+,25+/m1/s1. The number of aromatic nitrogens is 1. The number of benzene rings is 2. The molecule has 2 aromatic carbocycles. The molecule has 5 atom stereocenters. The first-order valence-electron chi connectivity index (χ1n) is 10.4. The van der Waals surface area contributed by atoms with Gasteiger partial charge in [-0.05, 0) is 45.9 Å². The molecule has 2 N–H and O–H groups in total. The first-order valence-corrected chi connectivity index (χ1v) is 11.5. The van der Waals surface area contributed by atoms with Gasteiger partial charge in [0.05, 0.1) is 38.1 Å². The molecule has 1 aromatic heterocycles. The molecule has 5 rings (SSSR count). The van der Waals surface area contributed by atoms with E-state index in [1.54, 1.807) is 0 Å². The summed E-state index contributed by atoms with van der Waals surface area (Å²) in [6.07, 6.45) is 1.40. The Labute approximate surface area is 204 Å². The average Bonchev–Trinajstić information content (AvgIpc) is 3.22. The van der Waals surface area contributed by atoms with Crippen LogP contribution in [0.5, 0.6) is 11.5 Å². The van der Waals surface area contributed by atoms with Crippen LogP contribution in [0.3, 0.4) is 0 Å². The van der Waals surface area contributed by atoms with Crippen LogP contribution in [0, 0.1) is 9.49 Å². The summed E-state index contributed by atoms with van der Waals surface area (Å²) in [5.41, 5.74) is -1.97. The lowest BCUT2D eigenvalue weighted by Gasteiger charge is -2.40. The van der Waals surface area contributed by atoms with E-state index in [4.69, 9.17) is 14.2 Å². The third-order valence-electron chi connectivity index (χ3n) is 6.79. The quantitative estimate of drug-likeness (QED) is 0.375. The summed E-state index contributed by atoms with van der Waals surface area (Å²) in [4.78, 5) is 17.3. The van der Waals surface area contributed by atoms with Gasteiger partial charge < -0.3 is 24.4 Å². The molecule has 0 unspecified atom stereocenters. The van der Waals surface area contributed by atoms with E-state index in [1.165, 1.54) is 26.6 Å². The van der Waals surface area contributed by atoms with E-state index < -0.39 is 35.1 Å². The number of hydrogen-bond acceptors (Lipinski definition) is 7. The lowest BCUT2D eigenvalue weighted by molar-refractivity contribution is -0.161. The third kappa shape index (κ3) is 2.87. The Morgan fingerprint density at radius 1 is 1.09 bits per heavy atom. The summed E-state index contributed by atoms with van der Waals surface area (Å²) in [6, 6.07) is 16.8. The summed E-state index contributed by atoms with van der Waals surface area (Å²) in [5, 5.41) is 24.2. The van der Waals surface area contributed by atoms with Crippen molar-refractivity contribution in [1.29, 1.82) is 0 Å². The highest BCUT2D eigenvalue weighted by Crippen LogP contribution is 2.69.